The first-order valence-electron chi connectivity index (χ1n) is 5.50. The van der Waals surface area contributed by atoms with Crippen molar-refractivity contribution in [1.29, 1.82) is 0 Å². The van der Waals surface area contributed by atoms with Crippen molar-refractivity contribution in [1.82, 2.24) is 0 Å². The van der Waals surface area contributed by atoms with Crippen LogP contribution in [-0.4, -0.2) is 11.1 Å². The molecule has 1 heterocycles. The average Bonchev–Trinajstić information content (AvgIpc) is 2.84. The number of hydrogen-bond donors (Lipinski definition) is 1. The minimum atomic E-state index is -0.951. The molecule has 0 aliphatic rings. The Bertz CT molecular complexity index is 588. The summed E-state index contributed by atoms with van der Waals surface area (Å²) in [5, 5.41) is 10.5. The van der Waals surface area contributed by atoms with Crippen molar-refractivity contribution in [2.24, 2.45) is 0 Å². The molecule has 2 nitrogen and oxygen atoms in total. The lowest BCUT2D eigenvalue weighted by Crippen LogP contribution is -1.84. The first-order valence-corrected chi connectivity index (χ1v) is 7.37. The van der Waals surface area contributed by atoms with Gasteiger partial charge in [0.25, 0.3) is 0 Å². The first-order chi connectivity index (χ1) is 9.13. The van der Waals surface area contributed by atoms with Gasteiger partial charge in [0.15, 0.2) is 0 Å². The molecule has 0 bridgehead atoms. The monoisotopic (exact) mass is 294 g/mol. The number of thiophene rings is 1. The first kappa shape index (κ1) is 13.8. The van der Waals surface area contributed by atoms with Crippen LogP contribution in [0.1, 0.15) is 10.4 Å². The van der Waals surface area contributed by atoms with Gasteiger partial charge >= 0.3 is 5.97 Å². The van der Waals surface area contributed by atoms with E-state index in [1.807, 2.05) is 11.4 Å². The summed E-state index contributed by atoms with van der Waals surface area (Å²) >= 11 is 3.21. The Morgan fingerprint density at radius 1 is 1.37 bits per heavy atom. The van der Waals surface area contributed by atoms with Gasteiger partial charge < -0.3 is 5.11 Å². The van der Waals surface area contributed by atoms with Crippen molar-refractivity contribution in [2.45, 2.75) is 10.6 Å². The van der Waals surface area contributed by atoms with E-state index >= 15 is 0 Å². The van der Waals surface area contributed by atoms with Gasteiger partial charge in [-0.15, -0.1) is 23.1 Å². The van der Waals surface area contributed by atoms with E-state index in [9.17, 15) is 9.18 Å². The number of halogens is 1. The molecule has 1 N–H and O–H groups in total. The second-order valence-corrected chi connectivity index (χ2v) is 5.81. The molecular formula is C14H11FO2S2. The number of hydrogen-bond acceptors (Lipinski definition) is 3. The van der Waals surface area contributed by atoms with E-state index in [2.05, 4.69) is 0 Å². The van der Waals surface area contributed by atoms with Gasteiger partial charge in [-0.25, -0.2) is 9.18 Å². The van der Waals surface area contributed by atoms with Crippen LogP contribution in [0.4, 0.5) is 4.39 Å². The molecule has 98 valence electrons. The van der Waals surface area contributed by atoms with Gasteiger partial charge in [-0.3, -0.25) is 0 Å². The van der Waals surface area contributed by atoms with Crippen LogP contribution in [0.5, 0.6) is 0 Å². The lowest BCUT2D eigenvalue weighted by atomic mass is 10.3. The summed E-state index contributed by atoms with van der Waals surface area (Å²) in [7, 11) is 0. The summed E-state index contributed by atoms with van der Waals surface area (Å²) < 4.78 is 12.7. The number of thioether (sulfide) groups is 1. The van der Waals surface area contributed by atoms with Crippen LogP contribution < -0.4 is 0 Å². The quantitative estimate of drug-likeness (QED) is 0.660. The normalized spacial score (nSPS) is 11.0. The minimum Gasteiger partial charge on any atom is -0.478 e. The molecule has 0 aliphatic heterocycles. The molecular weight excluding hydrogens is 283 g/mol. The number of aliphatic carboxylic acids is 1. The molecule has 19 heavy (non-hydrogen) atoms. The molecule has 0 saturated heterocycles. The highest BCUT2D eigenvalue weighted by atomic mass is 32.2. The van der Waals surface area contributed by atoms with Crippen molar-refractivity contribution in [2.75, 3.05) is 0 Å². The molecule has 0 fully saturated rings. The zero-order chi connectivity index (χ0) is 13.7. The smallest absolute Gasteiger partial charge is 0.328 e. The third kappa shape index (κ3) is 4.54. The molecule has 0 saturated carbocycles. The molecule has 0 spiro atoms. The Balaban J connectivity index is 1.93. The van der Waals surface area contributed by atoms with Gasteiger partial charge in [-0.1, -0.05) is 0 Å². The van der Waals surface area contributed by atoms with Gasteiger partial charge in [0.1, 0.15) is 5.82 Å². The zero-order valence-electron chi connectivity index (χ0n) is 9.88. The Morgan fingerprint density at radius 2 is 2.11 bits per heavy atom. The molecule has 1 aromatic heterocycles. The molecule has 0 unspecified atom stereocenters. The highest BCUT2D eigenvalue weighted by molar-refractivity contribution is 7.98. The fourth-order valence-corrected chi connectivity index (χ4v) is 3.22. The summed E-state index contributed by atoms with van der Waals surface area (Å²) in [5.74, 6) is -0.396. The van der Waals surface area contributed by atoms with E-state index in [-0.39, 0.29) is 5.82 Å². The van der Waals surface area contributed by atoms with E-state index in [1.165, 1.54) is 12.1 Å². The Kier molecular flexibility index (Phi) is 4.76. The molecule has 0 amide bonds. The zero-order valence-corrected chi connectivity index (χ0v) is 11.5. The summed E-state index contributed by atoms with van der Waals surface area (Å²) in [6.45, 7) is 0. The van der Waals surface area contributed by atoms with Gasteiger partial charge in [-0.05, 0) is 47.4 Å². The van der Waals surface area contributed by atoms with Crippen molar-refractivity contribution in [3.05, 3.63) is 58.0 Å². The maximum atomic E-state index is 12.7. The van der Waals surface area contributed by atoms with Crippen LogP contribution >= 0.6 is 23.1 Å². The largest absolute Gasteiger partial charge is 0.478 e. The van der Waals surface area contributed by atoms with E-state index in [4.69, 9.17) is 5.11 Å². The van der Waals surface area contributed by atoms with Gasteiger partial charge in [0.05, 0.1) is 0 Å². The SMILES string of the molecule is O=C(O)C=Cc1csc(CSc2ccc(F)cc2)c1. The molecule has 0 radical (unpaired) electrons. The fraction of sp³-hybridized carbons (Fsp3) is 0.0714. The number of carboxylic acid groups (broad SMARTS) is 1. The highest BCUT2D eigenvalue weighted by Gasteiger charge is 2.00. The molecule has 2 aromatic rings. The van der Waals surface area contributed by atoms with Crippen molar-refractivity contribution in [3.63, 3.8) is 0 Å². The van der Waals surface area contributed by atoms with Crippen LogP contribution in [0.2, 0.25) is 0 Å². The predicted molar refractivity (Wildman–Crippen MR) is 76.9 cm³/mol. The number of carbonyl (C=O) groups is 1. The topological polar surface area (TPSA) is 37.3 Å². The summed E-state index contributed by atoms with van der Waals surface area (Å²) in [4.78, 5) is 12.6. The predicted octanol–water partition coefficient (Wildman–Crippen LogP) is 4.28. The van der Waals surface area contributed by atoms with Gasteiger partial charge in [0.2, 0.25) is 0 Å². The second-order valence-electron chi connectivity index (χ2n) is 3.76. The molecule has 0 aliphatic carbocycles. The van der Waals surface area contributed by atoms with Crippen molar-refractivity contribution >= 4 is 35.1 Å². The lowest BCUT2D eigenvalue weighted by molar-refractivity contribution is -0.131. The maximum Gasteiger partial charge on any atom is 0.328 e. The molecule has 5 heteroatoms. The Labute approximate surface area is 118 Å². The fourth-order valence-electron chi connectivity index (χ4n) is 1.41. The Hall–Kier alpha value is -1.59. The van der Waals surface area contributed by atoms with Crippen LogP contribution in [0, 0.1) is 5.82 Å². The van der Waals surface area contributed by atoms with Crippen molar-refractivity contribution in [3.8, 4) is 0 Å². The number of carboxylic acids is 1. The van der Waals surface area contributed by atoms with E-state index in [0.717, 1.165) is 27.2 Å². The van der Waals surface area contributed by atoms with Gasteiger partial charge in [-0.2, -0.15) is 0 Å². The Morgan fingerprint density at radius 3 is 2.79 bits per heavy atom. The molecule has 1 aromatic carbocycles. The van der Waals surface area contributed by atoms with Crippen molar-refractivity contribution < 1.29 is 14.3 Å². The van der Waals surface area contributed by atoms with Crippen LogP contribution in [0.3, 0.4) is 0 Å². The van der Waals surface area contributed by atoms with E-state index in [1.54, 1.807) is 41.3 Å². The lowest BCUT2D eigenvalue weighted by Gasteiger charge is -1.98. The van der Waals surface area contributed by atoms with Crippen LogP contribution in [-0.2, 0) is 10.5 Å². The third-order valence-electron chi connectivity index (χ3n) is 2.29. The molecule has 2 rings (SSSR count). The summed E-state index contributed by atoms with van der Waals surface area (Å²) in [5.41, 5.74) is 0.891. The minimum absolute atomic E-state index is 0.235. The third-order valence-corrected chi connectivity index (χ3v) is 4.49. The van der Waals surface area contributed by atoms with E-state index in [0.29, 0.717) is 0 Å². The maximum absolute atomic E-state index is 12.7. The number of benzene rings is 1. The number of rotatable bonds is 5. The summed E-state index contributed by atoms with van der Waals surface area (Å²) in [6.07, 6.45) is 2.70. The van der Waals surface area contributed by atoms with Gasteiger partial charge in [0, 0.05) is 21.6 Å². The average molecular weight is 294 g/mol. The standard InChI is InChI=1S/C14H11FO2S2/c15-11-2-4-12(5-3-11)19-9-13-7-10(8-18-13)1-6-14(16)17/h1-8H,9H2,(H,16,17). The van der Waals surface area contributed by atoms with E-state index < -0.39 is 5.97 Å². The van der Waals surface area contributed by atoms with Crippen LogP contribution in [0.15, 0.2) is 46.7 Å². The second kappa shape index (κ2) is 6.54. The highest BCUT2D eigenvalue weighted by Crippen LogP contribution is 2.26. The molecule has 0 atom stereocenters. The summed E-state index contributed by atoms with van der Waals surface area (Å²) in [6, 6.07) is 8.34. The van der Waals surface area contributed by atoms with Crippen LogP contribution in [0.25, 0.3) is 6.08 Å².